The first-order valence-corrected chi connectivity index (χ1v) is 9.64. The number of carbonyl (C=O) groups is 2. The van der Waals surface area contributed by atoms with Crippen LogP contribution in [0, 0.1) is 0 Å². The van der Waals surface area contributed by atoms with Crippen molar-refractivity contribution >= 4 is 40.1 Å². The van der Waals surface area contributed by atoms with Crippen LogP contribution in [-0.4, -0.2) is 28.2 Å². The van der Waals surface area contributed by atoms with Gasteiger partial charge in [-0.15, -0.1) is 0 Å². The Balaban J connectivity index is 1.52. The average Bonchev–Trinajstić information content (AvgIpc) is 3.14. The zero-order chi connectivity index (χ0) is 20.4. The van der Waals surface area contributed by atoms with Crippen molar-refractivity contribution in [1.82, 2.24) is 20.8 Å². The number of aryl methyl sites for hydroxylation is 1. The highest BCUT2D eigenvalue weighted by molar-refractivity contribution is 6.30. The number of aromatic amines is 1. The van der Waals surface area contributed by atoms with E-state index in [1.54, 1.807) is 13.1 Å². The Morgan fingerprint density at radius 3 is 2.79 bits per heavy atom. The minimum Gasteiger partial charge on any atom is -0.331 e. The number of anilines is 1. The number of nitrogens with zero attached hydrogens (tertiary/aromatic N) is 1. The highest BCUT2D eigenvalue weighted by Gasteiger charge is 2.29. The first-order valence-electron chi connectivity index (χ1n) is 9.27. The van der Waals surface area contributed by atoms with Crippen LogP contribution in [0.4, 0.5) is 10.5 Å². The van der Waals surface area contributed by atoms with E-state index in [9.17, 15) is 9.59 Å². The van der Waals surface area contributed by atoms with Gasteiger partial charge in [-0.3, -0.25) is 9.89 Å². The third-order valence-corrected chi connectivity index (χ3v) is 5.19. The number of halogens is 1. The first-order chi connectivity index (χ1) is 14.0. The summed E-state index contributed by atoms with van der Waals surface area (Å²) in [5.74, 6) is -0.251. The largest absolute Gasteiger partial charge is 0.331 e. The molecule has 148 valence electrons. The van der Waals surface area contributed by atoms with Crippen LogP contribution in [0.1, 0.15) is 18.9 Å². The maximum atomic E-state index is 13.0. The Bertz CT molecular complexity index is 1100. The number of allylic oxidation sites excluding steroid dienone is 1. The topological polar surface area (TPSA) is 98.9 Å². The van der Waals surface area contributed by atoms with E-state index in [0.717, 1.165) is 16.5 Å². The molecule has 0 spiro atoms. The van der Waals surface area contributed by atoms with Crippen LogP contribution in [0.5, 0.6) is 0 Å². The number of amides is 3. The van der Waals surface area contributed by atoms with Crippen molar-refractivity contribution in [2.45, 2.75) is 25.8 Å². The van der Waals surface area contributed by atoms with Gasteiger partial charge in [0, 0.05) is 21.8 Å². The van der Waals surface area contributed by atoms with E-state index >= 15 is 0 Å². The van der Waals surface area contributed by atoms with Gasteiger partial charge >= 0.3 is 6.03 Å². The lowest BCUT2D eigenvalue weighted by atomic mass is 9.95. The number of nitrogens with one attached hydrogen (secondary N) is 4. The van der Waals surface area contributed by atoms with Crippen molar-refractivity contribution in [1.29, 1.82) is 0 Å². The molecule has 1 unspecified atom stereocenters. The fourth-order valence-electron chi connectivity index (χ4n) is 3.49. The number of hydrogen-bond acceptors (Lipinski definition) is 3. The molecule has 1 aliphatic rings. The minimum atomic E-state index is -0.392. The van der Waals surface area contributed by atoms with Crippen LogP contribution in [-0.2, 0) is 11.2 Å². The smallest absolute Gasteiger partial charge is 0.319 e. The molecule has 0 saturated heterocycles. The number of hydrogen-bond donors (Lipinski definition) is 4. The normalized spacial score (nSPS) is 16.5. The molecule has 0 radical (unpaired) electrons. The van der Waals surface area contributed by atoms with Gasteiger partial charge in [0.05, 0.1) is 23.3 Å². The lowest BCUT2D eigenvalue weighted by Crippen LogP contribution is -2.50. The molecule has 0 saturated carbocycles. The molecule has 3 aromatic rings. The van der Waals surface area contributed by atoms with Crippen LogP contribution in [0.3, 0.4) is 0 Å². The molecule has 4 N–H and O–H groups in total. The third kappa shape index (κ3) is 4.25. The van der Waals surface area contributed by atoms with E-state index in [1.165, 1.54) is 0 Å². The average molecular weight is 410 g/mol. The van der Waals surface area contributed by atoms with E-state index in [2.05, 4.69) is 26.1 Å². The summed E-state index contributed by atoms with van der Waals surface area (Å²) in [4.78, 5) is 25.0. The zero-order valence-corrected chi connectivity index (χ0v) is 16.5. The maximum Gasteiger partial charge on any atom is 0.319 e. The van der Waals surface area contributed by atoms with Crippen molar-refractivity contribution in [2.24, 2.45) is 0 Å². The van der Waals surface area contributed by atoms with Gasteiger partial charge in [-0.25, -0.2) is 4.79 Å². The quantitative estimate of drug-likeness (QED) is 0.516. The third-order valence-electron chi connectivity index (χ3n) is 4.94. The summed E-state index contributed by atoms with van der Waals surface area (Å²) >= 11 is 5.94. The van der Waals surface area contributed by atoms with Gasteiger partial charge in [0.15, 0.2) is 0 Å². The maximum absolute atomic E-state index is 13.0. The number of H-pyrrole nitrogens is 1. The second-order valence-corrected chi connectivity index (χ2v) is 7.42. The molecule has 2 aromatic carbocycles. The van der Waals surface area contributed by atoms with Gasteiger partial charge in [-0.2, -0.15) is 5.10 Å². The highest BCUT2D eigenvalue weighted by atomic mass is 35.5. The van der Waals surface area contributed by atoms with Crippen LogP contribution in [0.2, 0.25) is 5.02 Å². The van der Waals surface area contributed by atoms with Gasteiger partial charge in [-0.1, -0.05) is 23.7 Å². The second-order valence-electron chi connectivity index (χ2n) is 6.98. The monoisotopic (exact) mass is 409 g/mol. The van der Waals surface area contributed by atoms with Gasteiger partial charge in [-0.05, 0) is 55.7 Å². The van der Waals surface area contributed by atoms with E-state index in [1.807, 2.05) is 42.5 Å². The van der Waals surface area contributed by atoms with Crippen LogP contribution >= 0.6 is 11.6 Å². The number of carbonyl (C=O) groups excluding carboxylic acids is 2. The summed E-state index contributed by atoms with van der Waals surface area (Å²) in [7, 11) is 0. The molecule has 0 fully saturated rings. The number of rotatable bonds is 5. The predicted molar refractivity (Wildman–Crippen MR) is 113 cm³/mol. The fraction of sp³-hybridized carbons (Fsp3) is 0.190. The van der Waals surface area contributed by atoms with Gasteiger partial charge in [0.1, 0.15) is 0 Å². The zero-order valence-electron chi connectivity index (χ0n) is 15.8. The molecule has 0 bridgehead atoms. The van der Waals surface area contributed by atoms with E-state index in [-0.39, 0.29) is 11.9 Å². The molecule has 29 heavy (non-hydrogen) atoms. The van der Waals surface area contributed by atoms with E-state index in [0.29, 0.717) is 34.8 Å². The van der Waals surface area contributed by atoms with Crippen molar-refractivity contribution < 1.29 is 9.59 Å². The summed E-state index contributed by atoms with van der Waals surface area (Å²) < 4.78 is 0. The Morgan fingerprint density at radius 1 is 1.21 bits per heavy atom. The molecule has 0 aliphatic carbocycles. The van der Waals surface area contributed by atoms with Crippen molar-refractivity contribution in [2.75, 3.05) is 5.32 Å². The Morgan fingerprint density at radius 2 is 2.00 bits per heavy atom. The SMILES string of the molecule is CC1=C(C(=O)Nc2ccc3[nH]ncc3c2)C(CCc2ccc(Cl)cc2)NC(=O)N1. The molecular formula is C21H20ClN5O2. The van der Waals surface area contributed by atoms with Crippen LogP contribution < -0.4 is 16.0 Å². The van der Waals surface area contributed by atoms with Crippen LogP contribution in [0.25, 0.3) is 10.9 Å². The number of fused-ring (bicyclic) bond motifs is 1. The summed E-state index contributed by atoms with van der Waals surface area (Å²) in [6.07, 6.45) is 3.00. The first kappa shape index (κ1) is 19.0. The molecular weight excluding hydrogens is 390 g/mol. The van der Waals surface area contributed by atoms with Crippen molar-refractivity contribution in [3.05, 3.63) is 70.5 Å². The Hall–Kier alpha value is -3.32. The second kappa shape index (κ2) is 7.97. The van der Waals surface area contributed by atoms with Crippen molar-refractivity contribution in [3.8, 4) is 0 Å². The molecule has 1 aromatic heterocycles. The highest BCUT2D eigenvalue weighted by Crippen LogP contribution is 2.22. The van der Waals surface area contributed by atoms with Gasteiger partial charge < -0.3 is 16.0 Å². The molecule has 3 amide bonds. The minimum absolute atomic E-state index is 0.251. The fourth-order valence-corrected chi connectivity index (χ4v) is 3.62. The number of urea groups is 1. The molecule has 1 aliphatic heterocycles. The standard InChI is InChI=1S/C21H20ClN5O2/c1-12-19(20(28)25-16-7-9-17-14(10-16)11-23-27-17)18(26-21(29)24-12)8-4-13-2-5-15(22)6-3-13/h2-3,5-7,9-11,18H,4,8H2,1H3,(H,23,27)(H,25,28)(H2,24,26,29). The Kier molecular flexibility index (Phi) is 5.22. The summed E-state index contributed by atoms with van der Waals surface area (Å²) in [5.41, 5.74) is 3.72. The van der Waals surface area contributed by atoms with Crippen molar-refractivity contribution in [3.63, 3.8) is 0 Å². The Labute approximate surface area is 172 Å². The molecule has 7 nitrogen and oxygen atoms in total. The molecule has 2 heterocycles. The summed E-state index contributed by atoms with van der Waals surface area (Å²) in [6, 6.07) is 12.4. The van der Waals surface area contributed by atoms with Gasteiger partial charge in [0.2, 0.25) is 0 Å². The van der Waals surface area contributed by atoms with E-state index < -0.39 is 6.04 Å². The summed E-state index contributed by atoms with van der Waals surface area (Å²) in [6.45, 7) is 1.74. The van der Waals surface area contributed by atoms with E-state index in [4.69, 9.17) is 11.6 Å². The van der Waals surface area contributed by atoms with Crippen LogP contribution in [0.15, 0.2) is 59.9 Å². The lowest BCUT2D eigenvalue weighted by molar-refractivity contribution is -0.113. The molecule has 8 heteroatoms. The summed E-state index contributed by atoms with van der Waals surface area (Å²) in [5, 5.41) is 16.9. The molecule has 1 atom stereocenters. The van der Waals surface area contributed by atoms with Gasteiger partial charge in [0.25, 0.3) is 5.91 Å². The number of benzene rings is 2. The lowest BCUT2D eigenvalue weighted by Gasteiger charge is -2.28. The number of aromatic nitrogens is 2. The molecule has 4 rings (SSSR count). The predicted octanol–water partition coefficient (Wildman–Crippen LogP) is 3.74.